The second-order valence-electron chi connectivity index (χ2n) is 7.76. The van der Waals surface area contributed by atoms with Crippen LogP contribution in [0.1, 0.15) is 24.8 Å². The summed E-state index contributed by atoms with van der Waals surface area (Å²) in [4.78, 5) is 20.2. The molecule has 2 aromatic heterocycles. The number of pyridine rings is 1. The second kappa shape index (κ2) is 7.43. The van der Waals surface area contributed by atoms with Crippen molar-refractivity contribution in [2.75, 3.05) is 24.5 Å². The monoisotopic (exact) mass is 400 g/mol. The number of amides is 1. The van der Waals surface area contributed by atoms with Crippen LogP contribution < -0.4 is 4.90 Å². The number of piperidine rings is 1. The van der Waals surface area contributed by atoms with Crippen LogP contribution in [-0.4, -0.2) is 57.2 Å². The Kier molecular flexibility index (Phi) is 4.94. The number of carbonyl (C=O) groups is 1. The highest BCUT2D eigenvalue weighted by Crippen LogP contribution is 2.35. The molecule has 1 atom stereocenters. The molecule has 2 fully saturated rings. The Labute approximate surface area is 167 Å². The van der Waals surface area contributed by atoms with Gasteiger partial charge >= 0.3 is 0 Å². The highest BCUT2D eigenvalue weighted by Gasteiger charge is 2.48. The lowest BCUT2D eigenvalue weighted by Gasteiger charge is -2.35. The van der Waals surface area contributed by atoms with Gasteiger partial charge < -0.3 is 9.80 Å². The molecule has 2 aliphatic heterocycles. The molecule has 4 rings (SSSR count). The summed E-state index contributed by atoms with van der Waals surface area (Å²) in [5, 5.41) is 13.5. The van der Waals surface area contributed by atoms with Crippen molar-refractivity contribution in [2.24, 2.45) is 5.92 Å². The number of alkyl halides is 2. The van der Waals surface area contributed by atoms with E-state index in [4.69, 9.17) is 5.26 Å². The molecule has 0 spiro atoms. The smallest absolute Gasteiger partial charge is 0.268 e. The quantitative estimate of drug-likeness (QED) is 0.791. The summed E-state index contributed by atoms with van der Waals surface area (Å²) >= 11 is 0. The molecule has 4 heterocycles. The van der Waals surface area contributed by atoms with Crippen molar-refractivity contribution in [1.82, 2.24) is 19.7 Å². The molecular weight excluding hydrogens is 378 g/mol. The number of nitrogens with zero attached hydrogens (tertiary/aromatic N) is 6. The fourth-order valence-corrected chi connectivity index (χ4v) is 4.13. The number of nitriles is 1. The molecule has 0 aliphatic carbocycles. The number of aryl methyl sites for hydroxylation is 1. The van der Waals surface area contributed by atoms with Crippen molar-refractivity contribution >= 4 is 11.6 Å². The lowest BCUT2D eigenvalue weighted by molar-refractivity contribution is -0.137. The van der Waals surface area contributed by atoms with Crippen molar-refractivity contribution < 1.29 is 13.6 Å². The maximum atomic E-state index is 13.7. The van der Waals surface area contributed by atoms with Crippen LogP contribution in [0.3, 0.4) is 0 Å². The van der Waals surface area contributed by atoms with Gasteiger partial charge in [-0.3, -0.25) is 9.78 Å². The van der Waals surface area contributed by atoms with Crippen molar-refractivity contribution in [3.8, 4) is 11.8 Å². The van der Waals surface area contributed by atoms with Gasteiger partial charge in [0.25, 0.3) is 5.92 Å². The van der Waals surface area contributed by atoms with E-state index in [1.54, 1.807) is 23.3 Å². The first kappa shape index (κ1) is 19.3. The van der Waals surface area contributed by atoms with Crippen molar-refractivity contribution in [3.63, 3.8) is 0 Å². The van der Waals surface area contributed by atoms with Crippen LogP contribution in [0.25, 0.3) is 5.69 Å². The van der Waals surface area contributed by atoms with Crippen LogP contribution in [0.15, 0.2) is 30.9 Å². The zero-order chi connectivity index (χ0) is 20.6. The summed E-state index contributed by atoms with van der Waals surface area (Å²) in [6.45, 7) is 2.53. The van der Waals surface area contributed by atoms with E-state index in [-0.39, 0.29) is 11.8 Å². The van der Waals surface area contributed by atoms with Crippen LogP contribution in [0, 0.1) is 24.2 Å². The van der Waals surface area contributed by atoms with Crippen LogP contribution >= 0.6 is 0 Å². The van der Waals surface area contributed by atoms with E-state index in [1.807, 2.05) is 25.3 Å². The van der Waals surface area contributed by atoms with E-state index >= 15 is 0 Å². The minimum atomic E-state index is -2.98. The lowest BCUT2D eigenvalue weighted by Crippen LogP contribution is -2.44. The van der Waals surface area contributed by atoms with Crippen LogP contribution in [0.5, 0.6) is 0 Å². The molecule has 0 aromatic carbocycles. The molecule has 0 unspecified atom stereocenters. The van der Waals surface area contributed by atoms with Crippen LogP contribution in [0.4, 0.5) is 14.5 Å². The van der Waals surface area contributed by atoms with Crippen molar-refractivity contribution in [1.29, 1.82) is 5.26 Å². The van der Waals surface area contributed by atoms with Gasteiger partial charge in [-0.05, 0) is 31.4 Å². The van der Waals surface area contributed by atoms with Gasteiger partial charge in [0.15, 0.2) is 0 Å². The fourth-order valence-electron chi connectivity index (χ4n) is 4.13. The van der Waals surface area contributed by atoms with Crippen LogP contribution in [0.2, 0.25) is 0 Å². The molecule has 2 saturated heterocycles. The topological polar surface area (TPSA) is 78.1 Å². The Morgan fingerprint density at radius 2 is 2.03 bits per heavy atom. The average Bonchev–Trinajstić information content (AvgIpc) is 3.29. The van der Waals surface area contributed by atoms with Gasteiger partial charge in [-0.2, -0.15) is 10.4 Å². The molecule has 0 N–H and O–H groups in total. The van der Waals surface area contributed by atoms with Gasteiger partial charge in [0.05, 0.1) is 36.4 Å². The highest BCUT2D eigenvalue weighted by molar-refractivity contribution is 5.80. The van der Waals surface area contributed by atoms with Gasteiger partial charge in [0, 0.05) is 37.8 Å². The maximum Gasteiger partial charge on any atom is 0.268 e. The van der Waals surface area contributed by atoms with E-state index in [1.165, 1.54) is 0 Å². The molecule has 0 bridgehead atoms. The number of anilines is 1. The maximum absolute atomic E-state index is 13.7. The van der Waals surface area contributed by atoms with Crippen LogP contribution in [-0.2, 0) is 4.79 Å². The molecule has 2 aliphatic rings. The number of hydrogen-bond acceptors (Lipinski definition) is 5. The minimum Gasteiger partial charge on any atom is -0.368 e. The summed E-state index contributed by atoms with van der Waals surface area (Å²) in [6, 6.07) is 2.70. The number of rotatable bonds is 3. The average molecular weight is 400 g/mol. The SMILES string of the molecule is Cc1cnn(-c2ccncc2N2CCC(C(=O)N3CC(F)(F)C[C@H]3C#N)CC2)c1. The summed E-state index contributed by atoms with van der Waals surface area (Å²) < 4.78 is 29.2. The van der Waals surface area contributed by atoms with E-state index in [0.717, 1.165) is 21.8 Å². The molecule has 0 radical (unpaired) electrons. The third-order valence-corrected chi connectivity index (χ3v) is 5.62. The third-order valence-electron chi connectivity index (χ3n) is 5.62. The van der Waals surface area contributed by atoms with Gasteiger partial charge in [-0.25, -0.2) is 13.5 Å². The largest absolute Gasteiger partial charge is 0.368 e. The predicted octanol–water partition coefficient (Wildman–Crippen LogP) is 2.55. The van der Waals surface area contributed by atoms with Gasteiger partial charge in [0.1, 0.15) is 6.04 Å². The Balaban J connectivity index is 1.46. The number of aromatic nitrogens is 3. The number of hydrogen-bond donors (Lipinski definition) is 0. The second-order valence-corrected chi connectivity index (χ2v) is 7.76. The molecule has 9 heteroatoms. The van der Waals surface area contributed by atoms with Crippen molar-refractivity contribution in [2.45, 2.75) is 38.2 Å². The Hall–Kier alpha value is -3.02. The summed E-state index contributed by atoms with van der Waals surface area (Å²) in [7, 11) is 0. The van der Waals surface area contributed by atoms with E-state index in [0.29, 0.717) is 25.9 Å². The number of likely N-dealkylation sites (tertiary alicyclic amines) is 1. The highest BCUT2D eigenvalue weighted by atomic mass is 19.3. The first-order valence-corrected chi connectivity index (χ1v) is 9.66. The third kappa shape index (κ3) is 3.79. The van der Waals surface area contributed by atoms with Crippen molar-refractivity contribution in [3.05, 3.63) is 36.4 Å². The Morgan fingerprint density at radius 1 is 1.28 bits per heavy atom. The van der Waals surface area contributed by atoms with E-state index in [9.17, 15) is 13.6 Å². The van der Waals surface area contributed by atoms with E-state index < -0.39 is 24.9 Å². The first-order valence-electron chi connectivity index (χ1n) is 9.66. The number of halogens is 2. The lowest BCUT2D eigenvalue weighted by atomic mass is 9.94. The van der Waals surface area contributed by atoms with Gasteiger partial charge in [-0.15, -0.1) is 0 Å². The predicted molar refractivity (Wildman–Crippen MR) is 102 cm³/mol. The normalized spacial score (nSPS) is 21.9. The summed E-state index contributed by atoms with van der Waals surface area (Å²) in [5.41, 5.74) is 2.87. The molecular formula is C20H22F2N6O. The minimum absolute atomic E-state index is 0.331. The molecule has 2 aromatic rings. The van der Waals surface area contributed by atoms with Gasteiger partial charge in [-0.1, -0.05) is 0 Å². The molecule has 0 saturated carbocycles. The Bertz CT molecular complexity index is 944. The van der Waals surface area contributed by atoms with E-state index in [2.05, 4.69) is 15.0 Å². The fraction of sp³-hybridized carbons (Fsp3) is 0.500. The standard InChI is InChI=1S/C20H22F2N6O/c1-14-10-25-28(12-14)17-2-5-24-11-18(17)26-6-3-15(4-7-26)19(29)27-13-20(21,22)8-16(27)9-23/h2,5,10-12,15-16H,3-4,6-8,13H2,1H3/t16-/m0/s1. The zero-order valence-corrected chi connectivity index (χ0v) is 16.1. The molecule has 1 amide bonds. The first-order chi connectivity index (χ1) is 13.9. The Morgan fingerprint density at radius 3 is 2.69 bits per heavy atom. The summed E-state index contributed by atoms with van der Waals surface area (Å²) in [6.07, 6.45) is 7.73. The van der Waals surface area contributed by atoms with Gasteiger partial charge in [0.2, 0.25) is 5.91 Å². The zero-order valence-electron chi connectivity index (χ0n) is 16.1. The molecule has 29 heavy (non-hydrogen) atoms. The number of carbonyl (C=O) groups excluding carboxylic acids is 1. The summed E-state index contributed by atoms with van der Waals surface area (Å²) in [5.74, 6) is -3.66. The molecule has 7 nitrogen and oxygen atoms in total. The molecule has 152 valence electrons.